The molecule has 39 heavy (non-hydrogen) atoms. The topological polar surface area (TPSA) is 196 Å². The van der Waals surface area contributed by atoms with Gasteiger partial charge in [0.2, 0.25) is 5.91 Å². The number of anilines is 1. The minimum Gasteiger partial charge on any atom is -0.491 e. The molecule has 15 nitrogen and oxygen atoms in total. The molecule has 0 saturated carbocycles. The van der Waals surface area contributed by atoms with Crippen LogP contribution >= 0.6 is 11.3 Å². The van der Waals surface area contributed by atoms with E-state index in [2.05, 4.69) is 26.6 Å². The molecule has 2 unspecified atom stereocenters. The van der Waals surface area contributed by atoms with E-state index < -0.39 is 47.4 Å². The first-order valence-electron chi connectivity index (χ1n) is 11.2. The molecule has 0 saturated heterocycles. The van der Waals surface area contributed by atoms with Crippen molar-refractivity contribution in [3.8, 4) is 5.75 Å². The second kappa shape index (κ2) is 13.5. The number of pyridine rings is 1. The fraction of sp³-hybridized carbons (Fsp3) is 0.261. The Hall–Kier alpha value is -4.99. The van der Waals surface area contributed by atoms with Crippen LogP contribution in [0.25, 0.3) is 10.1 Å². The third-order valence-electron chi connectivity index (χ3n) is 5.23. The number of fused-ring (bicyclic) bond motifs is 1. The summed E-state index contributed by atoms with van der Waals surface area (Å²) in [6, 6.07) is 9.61. The van der Waals surface area contributed by atoms with Crippen LogP contribution in [-0.2, 0) is 14.5 Å². The van der Waals surface area contributed by atoms with Gasteiger partial charge in [0, 0.05) is 25.5 Å². The molecule has 2 atom stereocenters. The van der Waals surface area contributed by atoms with E-state index >= 15 is 0 Å². The van der Waals surface area contributed by atoms with Gasteiger partial charge >= 0.3 is 6.09 Å². The molecule has 2 heterocycles. The highest BCUT2D eigenvalue weighted by atomic mass is 32.1. The molecule has 0 spiro atoms. The van der Waals surface area contributed by atoms with Gasteiger partial charge in [0.25, 0.3) is 10.2 Å². The first-order chi connectivity index (χ1) is 18.7. The molecule has 16 heteroatoms. The van der Waals surface area contributed by atoms with Crippen molar-refractivity contribution in [1.29, 1.82) is 0 Å². The molecule has 2 aromatic heterocycles. The van der Waals surface area contributed by atoms with E-state index in [4.69, 9.17) is 4.74 Å². The number of hydrogen-bond acceptors (Lipinski definition) is 11. The van der Waals surface area contributed by atoms with Gasteiger partial charge in [0.15, 0.2) is 6.10 Å². The first kappa shape index (κ1) is 28.6. The number of aromatic nitrogens is 1. The third-order valence-corrected chi connectivity index (χ3v) is 6.23. The van der Waals surface area contributed by atoms with Crippen LogP contribution < -0.4 is 10.1 Å². The van der Waals surface area contributed by atoms with Crippen molar-refractivity contribution in [2.75, 3.05) is 31.6 Å². The van der Waals surface area contributed by atoms with Gasteiger partial charge in [-0.2, -0.15) is 0 Å². The molecule has 0 radical (unpaired) electrons. The standard InChI is InChI=1S/C23H23N5O10S/c1-2-9-26(23(30)31)12-19(22(29)25-21-10-16-7-8-24-11-20(16)39-21)15-3-5-17(6-4-15)36-13-18(38-28(34)35)14-37-27(32)33/h2-8,10-11,18-19H,1,9,12-14H2,(H,25,29)(H,30,31). The Bertz CT molecular complexity index is 1300. The minimum atomic E-state index is -1.37. The molecule has 0 fully saturated rings. The lowest BCUT2D eigenvalue weighted by molar-refractivity contribution is -0.790. The highest BCUT2D eigenvalue weighted by Gasteiger charge is 2.26. The Morgan fingerprint density at radius 3 is 2.54 bits per heavy atom. The van der Waals surface area contributed by atoms with Crippen molar-refractivity contribution in [2.45, 2.75) is 12.0 Å². The average Bonchev–Trinajstić information content (AvgIpc) is 3.30. The van der Waals surface area contributed by atoms with E-state index in [1.54, 1.807) is 36.7 Å². The number of rotatable bonds is 15. The van der Waals surface area contributed by atoms with Gasteiger partial charge in [-0.05, 0) is 35.2 Å². The molecule has 3 aromatic rings. The van der Waals surface area contributed by atoms with Crippen LogP contribution in [0.5, 0.6) is 5.75 Å². The molecular weight excluding hydrogens is 538 g/mol. The largest absolute Gasteiger partial charge is 0.491 e. The summed E-state index contributed by atoms with van der Waals surface area (Å²) in [4.78, 5) is 59.6. The zero-order valence-corrected chi connectivity index (χ0v) is 21.0. The zero-order valence-electron chi connectivity index (χ0n) is 20.2. The maximum absolute atomic E-state index is 13.3. The Morgan fingerprint density at radius 1 is 1.18 bits per heavy atom. The monoisotopic (exact) mass is 561 g/mol. The second-order valence-electron chi connectivity index (χ2n) is 7.89. The summed E-state index contributed by atoms with van der Waals surface area (Å²) in [5, 5.41) is 32.6. The summed E-state index contributed by atoms with van der Waals surface area (Å²) in [5.41, 5.74) is 0.465. The summed E-state index contributed by atoms with van der Waals surface area (Å²) >= 11 is 1.32. The van der Waals surface area contributed by atoms with Crippen LogP contribution in [0.15, 0.2) is 61.4 Å². The SMILES string of the molecule is C=CCN(CC(C(=O)Nc1cc2ccncc2s1)c1ccc(OCC(CO[N+](=O)[O-])O[N+](=O)[O-])cc1)C(=O)O. The lowest BCUT2D eigenvalue weighted by Gasteiger charge is -2.24. The van der Waals surface area contributed by atoms with Gasteiger partial charge in [-0.15, -0.1) is 38.1 Å². The van der Waals surface area contributed by atoms with Gasteiger partial charge in [-0.1, -0.05) is 18.2 Å². The maximum Gasteiger partial charge on any atom is 0.407 e. The highest BCUT2D eigenvalue weighted by Crippen LogP contribution is 2.30. The average molecular weight is 562 g/mol. The Kier molecular flexibility index (Phi) is 9.91. The quantitative estimate of drug-likeness (QED) is 0.157. The number of benzene rings is 1. The first-order valence-corrected chi connectivity index (χ1v) is 12.0. The molecule has 0 aliphatic carbocycles. The predicted molar refractivity (Wildman–Crippen MR) is 138 cm³/mol. The minimum absolute atomic E-state index is 0.00107. The van der Waals surface area contributed by atoms with E-state index in [9.17, 15) is 34.9 Å². The molecule has 0 bridgehead atoms. The predicted octanol–water partition coefficient (Wildman–Crippen LogP) is 3.35. The van der Waals surface area contributed by atoms with Crippen molar-refractivity contribution in [3.63, 3.8) is 0 Å². The van der Waals surface area contributed by atoms with Crippen molar-refractivity contribution in [3.05, 3.63) is 87.2 Å². The number of carbonyl (C=O) groups is 2. The number of thiophene rings is 1. The highest BCUT2D eigenvalue weighted by molar-refractivity contribution is 7.22. The van der Waals surface area contributed by atoms with Crippen LogP contribution in [0.3, 0.4) is 0 Å². The zero-order chi connectivity index (χ0) is 28.4. The molecule has 2 N–H and O–H groups in total. The number of nitrogens with zero attached hydrogens (tertiary/aromatic N) is 4. The van der Waals surface area contributed by atoms with Gasteiger partial charge in [0.05, 0.1) is 15.6 Å². The second-order valence-corrected chi connectivity index (χ2v) is 8.98. The van der Waals surface area contributed by atoms with Crippen LogP contribution in [0, 0.1) is 20.2 Å². The van der Waals surface area contributed by atoms with Crippen molar-refractivity contribution >= 4 is 38.4 Å². The van der Waals surface area contributed by atoms with Crippen LogP contribution in [0.1, 0.15) is 11.5 Å². The third kappa shape index (κ3) is 8.53. The van der Waals surface area contributed by atoms with Crippen LogP contribution in [0.4, 0.5) is 9.80 Å². The number of nitrogens with one attached hydrogen (secondary N) is 1. The van der Waals surface area contributed by atoms with Gasteiger partial charge < -0.3 is 29.7 Å². The van der Waals surface area contributed by atoms with Crippen molar-refractivity contribution < 1.29 is 39.3 Å². The molecule has 1 aromatic carbocycles. The normalized spacial score (nSPS) is 12.1. The van der Waals surface area contributed by atoms with E-state index in [0.29, 0.717) is 10.6 Å². The van der Waals surface area contributed by atoms with E-state index in [1.807, 2.05) is 0 Å². The smallest absolute Gasteiger partial charge is 0.407 e. The summed E-state index contributed by atoms with van der Waals surface area (Å²) in [6.45, 7) is 2.23. The lowest BCUT2D eigenvalue weighted by atomic mass is 9.97. The van der Waals surface area contributed by atoms with Gasteiger partial charge in [-0.3, -0.25) is 9.78 Å². The Morgan fingerprint density at radius 2 is 1.92 bits per heavy atom. The Balaban J connectivity index is 1.77. The summed E-state index contributed by atoms with van der Waals surface area (Å²) in [6.07, 6.45) is 2.11. The number of carboxylic acid groups (broad SMARTS) is 1. The van der Waals surface area contributed by atoms with Crippen molar-refractivity contribution in [2.24, 2.45) is 0 Å². The van der Waals surface area contributed by atoms with E-state index in [0.717, 1.165) is 15.0 Å². The number of ether oxygens (including phenoxy) is 1. The molecule has 3 rings (SSSR count). The molecule has 206 valence electrons. The molecule has 2 amide bonds. The van der Waals surface area contributed by atoms with Gasteiger partial charge in [-0.25, -0.2) is 4.79 Å². The van der Waals surface area contributed by atoms with Crippen LogP contribution in [0.2, 0.25) is 0 Å². The molecular formula is C23H23N5O10S. The molecule has 0 aliphatic heterocycles. The maximum atomic E-state index is 13.3. The van der Waals surface area contributed by atoms with Crippen molar-refractivity contribution in [1.82, 2.24) is 9.88 Å². The fourth-order valence-corrected chi connectivity index (χ4v) is 4.39. The summed E-state index contributed by atoms with van der Waals surface area (Å²) in [5.74, 6) is -1.15. The summed E-state index contributed by atoms with van der Waals surface area (Å²) < 4.78 is 6.30. The fourth-order valence-electron chi connectivity index (χ4n) is 3.46. The summed E-state index contributed by atoms with van der Waals surface area (Å²) in [7, 11) is 0. The molecule has 0 aliphatic rings. The number of carbonyl (C=O) groups excluding carboxylic acids is 1. The van der Waals surface area contributed by atoms with E-state index in [-0.39, 0.29) is 18.8 Å². The van der Waals surface area contributed by atoms with Gasteiger partial charge in [0.1, 0.15) is 19.0 Å². The number of hydrogen-bond donors (Lipinski definition) is 2. The Labute approximate surface area is 224 Å². The number of amides is 2. The van der Waals surface area contributed by atoms with Crippen LogP contribution in [-0.4, -0.2) is 69.6 Å². The van der Waals surface area contributed by atoms with E-state index in [1.165, 1.54) is 29.5 Å². The lowest BCUT2D eigenvalue weighted by Crippen LogP contribution is -2.37.